The van der Waals surface area contributed by atoms with E-state index in [1.807, 2.05) is 48.5 Å². The molecule has 4 rings (SSSR count). The van der Waals surface area contributed by atoms with Crippen LogP contribution in [0.2, 0.25) is 0 Å². The van der Waals surface area contributed by atoms with Gasteiger partial charge in [0.15, 0.2) is 5.70 Å². The van der Waals surface area contributed by atoms with Crippen LogP contribution in [0.15, 0.2) is 84.4 Å². The third-order valence-electron chi connectivity index (χ3n) is 6.28. The summed E-state index contributed by atoms with van der Waals surface area (Å²) >= 11 is 0. The van der Waals surface area contributed by atoms with E-state index in [2.05, 4.69) is 0 Å². The lowest BCUT2D eigenvalue weighted by Crippen LogP contribution is -2.36. The molecule has 9 heteroatoms. The van der Waals surface area contributed by atoms with Crippen molar-refractivity contribution in [3.05, 3.63) is 95.5 Å². The Labute approximate surface area is 214 Å². The van der Waals surface area contributed by atoms with Crippen LogP contribution in [-0.2, 0) is 16.1 Å². The van der Waals surface area contributed by atoms with Gasteiger partial charge in [0.2, 0.25) is 11.8 Å². The first-order valence-electron chi connectivity index (χ1n) is 11.7. The minimum atomic E-state index is -2.54. The van der Waals surface area contributed by atoms with Crippen molar-refractivity contribution in [1.29, 1.82) is 0 Å². The van der Waals surface area contributed by atoms with E-state index in [0.717, 1.165) is 22.3 Å². The van der Waals surface area contributed by atoms with Crippen molar-refractivity contribution in [3.8, 4) is 22.6 Å². The van der Waals surface area contributed by atoms with E-state index in [-0.39, 0.29) is 36.9 Å². The minimum Gasteiger partial charge on any atom is -0.497 e. The number of carbonyl (C=O) groups is 1. The molecule has 194 valence electrons. The van der Waals surface area contributed by atoms with Gasteiger partial charge in [0.1, 0.15) is 11.5 Å². The normalized spacial score (nSPS) is 15.3. The Kier molecular flexibility index (Phi) is 7.63. The van der Waals surface area contributed by atoms with Gasteiger partial charge in [-0.2, -0.15) is 0 Å². The number of methoxy groups -OCH3 is 2. The maximum atomic E-state index is 13.2. The molecule has 1 aliphatic carbocycles. The fraction of sp³-hybridized carbons (Fsp3) is 0.250. The van der Waals surface area contributed by atoms with E-state index in [0.29, 0.717) is 11.5 Å². The molecule has 0 radical (unpaired) electrons. The standard InChI is InChI=1S/C28H29F2N3O4/c1-35-23-11-3-18(4-12-23)17-33(32)26(25(31)27(34)36-2)37-24-13-9-20(10-14-24)19-5-7-21(8-6-19)22-15-28(29,30)16-22/h3-14,22H,15-17,31-32H2,1-2H3/b26-25+. The molecule has 1 fully saturated rings. The highest BCUT2D eigenvalue weighted by Crippen LogP contribution is 2.48. The van der Waals surface area contributed by atoms with Gasteiger partial charge in [-0.1, -0.05) is 48.5 Å². The van der Waals surface area contributed by atoms with Crippen LogP contribution in [0.1, 0.15) is 29.9 Å². The molecule has 3 aromatic carbocycles. The molecule has 0 heterocycles. The molecule has 0 amide bonds. The first kappa shape index (κ1) is 26.0. The van der Waals surface area contributed by atoms with E-state index < -0.39 is 11.9 Å². The molecule has 3 aromatic rings. The predicted molar refractivity (Wildman–Crippen MR) is 135 cm³/mol. The fourth-order valence-electron chi connectivity index (χ4n) is 4.14. The highest BCUT2D eigenvalue weighted by molar-refractivity contribution is 5.87. The molecule has 0 atom stereocenters. The molecular weight excluding hydrogens is 480 g/mol. The van der Waals surface area contributed by atoms with Crippen LogP contribution in [0.5, 0.6) is 11.5 Å². The molecule has 0 unspecified atom stereocenters. The topological polar surface area (TPSA) is 100 Å². The fourth-order valence-corrected chi connectivity index (χ4v) is 4.14. The predicted octanol–water partition coefficient (Wildman–Crippen LogP) is 4.93. The Morgan fingerprint density at radius 3 is 1.97 bits per heavy atom. The zero-order valence-electron chi connectivity index (χ0n) is 20.6. The quantitative estimate of drug-likeness (QED) is 0.139. The first-order chi connectivity index (χ1) is 17.7. The Hall–Kier alpha value is -4.11. The van der Waals surface area contributed by atoms with Crippen LogP contribution >= 0.6 is 0 Å². The van der Waals surface area contributed by atoms with Crippen LogP contribution in [0.4, 0.5) is 8.78 Å². The Balaban J connectivity index is 1.48. The second-order valence-electron chi connectivity index (χ2n) is 8.90. The van der Waals surface area contributed by atoms with Crippen LogP contribution < -0.4 is 21.1 Å². The van der Waals surface area contributed by atoms with Gasteiger partial charge in [-0.25, -0.2) is 19.4 Å². The lowest BCUT2D eigenvalue weighted by molar-refractivity contribution is -0.136. The van der Waals surface area contributed by atoms with Gasteiger partial charge in [-0.05, 0) is 52.4 Å². The summed E-state index contributed by atoms with van der Waals surface area (Å²) in [5, 5.41) is 1.23. The molecular formula is C28H29F2N3O4. The van der Waals surface area contributed by atoms with Gasteiger partial charge >= 0.3 is 5.97 Å². The zero-order chi connectivity index (χ0) is 26.6. The number of halogens is 2. The summed E-state index contributed by atoms with van der Waals surface area (Å²) in [6, 6.07) is 22.0. The summed E-state index contributed by atoms with van der Waals surface area (Å²) in [5.74, 6) is 3.87. The molecule has 0 aliphatic heterocycles. The van der Waals surface area contributed by atoms with Crippen LogP contribution in [-0.4, -0.2) is 31.1 Å². The van der Waals surface area contributed by atoms with E-state index in [9.17, 15) is 13.6 Å². The number of benzene rings is 3. The van der Waals surface area contributed by atoms with Crippen molar-refractivity contribution in [2.75, 3.05) is 14.2 Å². The SMILES string of the molecule is COC(=O)/C(N)=C(\Oc1ccc(-c2ccc(C3CC(F)(F)C3)cc2)cc1)N(N)Cc1ccc(OC)cc1. The molecule has 37 heavy (non-hydrogen) atoms. The average molecular weight is 510 g/mol. The van der Waals surface area contributed by atoms with Crippen molar-refractivity contribution in [1.82, 2.24) is 5.01 Å². The van der Waals surface area contributed by atoms with E-state index in [4.69, 9.17) is 25.8 Å². The Bertz CT molecular complexity index is 1250. The third kappa shape index (κ3) is 6.18. The molecule has 7 nitrogen and oxygen atoms in total. The molecule has 0 aromatic heterocycles. The Morgan fingerprint density at radius 1 is 0.919 bits per heavy atom. The largest absolute Gasteiger partial charge is 0.497 e. The minimum absolute atomic E-state index is 0.0583. The summed E-state index contributed by atoms with van der Waals surface area (Å²) in [7, 11) is 2.79. The second-order valence-corrected chi connectivity index (χ2v) is 8.90. The van der Waals surface area contributed by atoms with Gasteiger partial charge in [0, 0.05) is 12.8 Å². The second kappa shape index (κ2) is 10.9. The van der Waals surface area contributed by atoms with Gasteiger partial charge in [-0.3, -0.25) is 5.01 Å². The van der Waals surface area contributed by atoms with Gasteiger partial charge in [0.05, 0.1) is 20.8 Å². The van der Waals surface area contributed by atoms with Crippen molar-refractivity contribution >= 4 is 5.97 Å². The molecule has 4 N–H and O–H groups in total. The number of nitrogens with two attached hydrogens (primary N) is 2. The maximum Gasteiger partial charge on any atom is 0.359 e. The number of esters is 1. The van der Waals surface area contributed by atoms with Crippen LogP contribution in [0.25, 0.3) is 11.1 Å². The summed E-state index contributed by atoms with van der Waals surface area (Å²) < 4.78 is 42.2. The van der Waals surface area contributed by atoms with Crippen molar-refractivity contribution in [2.45, 2.75) is 31.2 Å². The summed E-state index contributed by atoms with van der Waals surface area (Å²) in [5.41, 5.74) is 9.33. The smallest absolute Gasteiger partial charge is 0.359 e. The van der Waals surface area contributed by atoms with Crippen LogP contribution in [0.3, 0.4) is 0 Å². The van der Waals surface area contributed by atoms with Crippen LogP contribution in [0, 0.1) is 0 Å². The summed E-state index contributed by atoms with van der Waals surface area (Å²) in [6.45, 7) is 0.203. The zero-order valence-corrected chi connectivity index (χ0v) is 20.6. The average Bonchev–Trinajstić information content (AvgIpc) is 2.90. The van der Waals surface area contributed by atoms with E-state index >= 15 is 0 Å². The van der Waals surface area contributed by atoms with E-state index in [1.54, 1.807) is 31.4 Å². The van der Waals surface area contributed by atoms with Crippen molar-refractivity contribution < 1.29 is 27.8 Å². The first-order valence-corrected chi connectivity index (χ1v) is 11.7. The highest BCUT2D eigenvalue weighted by Gasteiger charge is 2.45. The number of alkyl halides is 2. The molecule has 1 aliphatic rings. The highest BCUT2D eigenvalue weighted by atomic mass is 19.3. The van der Waals surface area contributed by atoms with Crippen molar-refractivity contribution in [2.24, 2.45) is 11.6 Å². The number of hydrogen-bond acceptors (Lipinski definition) is 7. The number of rotatable bonds is 9. The van der Waals surface area contributed by atoms with E-state index in [1.165, 1.54) is 12.1 Å². The maximum absolute atomic E-state index is 13.2. The number of hydrazine groups is 1. The van der Waals surface area contributed by atoms with Crippen molar-refractivity contribution in [3.63, 3.8) is 0 Å². The number of nitrogens with zero attached hydrogens (tertiary/aromatic N) is 1. The lowest BCUT2D eigenvalue weighted by atomic mass is 9.76. The van der Waals surface area contributed by atoms with Gasteiger partial charge < -0.3 is 19.9 Å². The number of hydrogen-bond donors (Lipinski definition) is 2. The Morgan fingerprint density at radius 2 is 1.46 bits per heavy atom. The third-order valence-corrected chi connectivity index (χ3v) is 6.28. The monoisotopic (exact) mass is 509 g/mol. The van der Waals surface area contributed by atoms with Gasteiger partial charge in [-0.15, -0.1) is 0 Å². The summed E-state index contributed by atoms with van der Waals surface area (Å²) in [4.78, 5) is 12.1. The molecule has 0 bridgehead atoms. The number of carbonyl (C=O) groups excluding carboxylic acids is 1. The number of ether oxygens (including phenoxy) is 3. The molecule has 0 saturated heterocycles. The molecule has 1 saturated carbocycles. The molecule has 0 spiro atoms. The summed E-state index contributed by atoms with van der Waals surface area (Å²) in [6.07, 6.45) is -0.195. The lowest BCUT2D eigenvalue weighted by Gasteiger charge is -2.35. The van der Waals surface area contributed by atoms with Gasteiger partial charge in [0.25, 0.3) is 0 Å².